The summed E-state index contributed by atoms with van der Waals surface area (Å²) in [6, 6.07) is 49.5. The maximum atomic E-state index is 6.73. The van der Waals surface area contributed by atoms with Gasteiger partial charge in [0.2, 0.25) is 0 Å². The second-order valence-electron chi connectivity index (χ2n) is 11.3. The van der Waals surface area contributed by atoms with Crippen molar-refractivity contribution in [2.75, 3.05) is 4.90 Å². The highest BCUT2D eigenvalue weighted by atomic mass is 32.1. The van der Waals surface area contributed by atoms with Crippen LogP contribution in [0.3, 0.4) is 0 Å². The van der Waals surface area contributed by atoms with Gasteiger partial charge in [-0.2, -0.15) is 0 Å². The number of nitrogens with zero attached hydrogens (tertiary/aromatic N) is 1. The average molecular weight is 582 g/mol. The van der Waals surface area contributed by atoms with Crippen LogP contribution in [0.4, 0.5) is 17.1 Å². The molecule has 0 saturated carbocycles. The van der Waals surface area contributed by atoms with E-state index in [-0.39, 0.29) is 0 Å². The Morgan fingerprint density at radius 2 is 1.09 bits per heavy atom. The molecule has 0 spiro atoms. The van der Waals surface area contributed by atoms with Gasteiger partial charge in [-0.1, -0.05) is 72.8 Å². The second-order valence-corrected chi connectivity index (χ2v) is 12.4. The van der Waals surface area contributed by atoms with Crippen LogP contribution in [-0.2, 0) is 0 Å². The first-order valence-electron chi connectivity index (χ1n) is 14.8. The first-order chi connectivity index (χ1) is 21.8. The molecule has 3 nitrogen and oxygen atoms in total. The standard InChI is InChI=1S/C40H23NO2S/c1-2-9-25-21-36-32(20-24(25)8-1)31-12-7-13-34(40(31)43-36)41(26-17-19-39-33(22-26)30-11-4-6-15-38(30)44-39)27-16-18-29-28-10-3-5-14-35(28)42-37(29)23-27/h1-23H. The van der Waals surface area contributed by atoms with E-state index < -0.39 is 0 Å². The molecule has 10 aromatic rings. The third-order valence-electron chi connectivity index (χ3n) is 8.82. The zero-order chi connectivity index (χ0) is 28.8. The van der Waals surface area contributed by atoms with Crippen molar-refractivity contribution >= 4 is 103 Å². The number of para-hydroxylation sites is 2. The molecule has 0 amide bonds. The Morgan fingerprint density at radius 1 is 0.409 bits per heavy atom. The highest BCUT2D eigenvalue weighted by Gasteiger charge is 2.21. The molecule has 0 atom stereocenters. The molecule has 0 unspecified atom stereocenters. The highest BCUT2D eigenvalue weighted by Crippen LogP contribution is 2.46. The van der Waals surface area contributed by atoms with Crippen LogP contribution in [-0.4, -0.2) is 0 Å². The van der Waals surface area contributed by atoms with Gasteiger partial charge in [-0.3, -0.25) is 0 Å². The number of thiophene rings is 1. The second kappa shape index (κ2) is 8.96. The van der Waals surface area contributed by atoms with Gasteiger partial charge < -0.3 is 13.7 Å². The van der Waals surface area contributed by atoms with Gasteiger partial charge in [-0.15, -0.1) is 11.3 Å². The molecule has 0 saturated heterocycles. The summed E-state index contributed by atoms with van der Waals surface area (Å²) in [7, 11) is 0. The summed E-state index contributed by atoms with van der Waals surface area (Å²) >= 11 is 1.83. The topological polar surface area (TPSA) is 29.5 Å². The van der Waals surface area contributed by atoms with E-state index in [1.165, 1.54) is 30.9 Å². The van der Waals surface area contributed by atoms with Gasteiger partial charge in [0.05, 0.1) is 11.4 Å². The zero-order valence-electron chi connectivity index (χ0n) is 23.5. The van der Waals surface area contributed by atoms with Crippen molar-refractivity contribution < 1.29 is 8.83 Å². The summed E-state index contributed by atoms with van der Waals surface area (Å²) < 4.78 is 15.7. The van der Waals surface area contributed by atoms with E-state index in [2.05, 4.69) is 132 Å². The smallest absolute Gasteiger partial charge is 0.159 e. The number of anilines is 3. The first kappa shape index (κ1) is 23.9. The Bertz CT molecular complexity index is 2750. The molecule has 44 heavy (non-hydrogen) atoms. The van der Waals surface area contributed by atoms with Crippen LogP contribution in [0.1, 0.15) is 0 Å². The van der Waals surface area contributed by atoms with E-state index in [4.69, 9.17) is 8.83 Å². The summed E-state index contributed by atoms with van der Waals surface area (Å²) in [6.45, 7) is 0. The molecule has 3 heterocycles. The average Bonchev–Trinajstić information content (AvgIpc) is 3.74. The minimum Gasteiger partial charge on any atom is -0.456 e. The monoisotopic (exact) mass is 581 g/mol. The van der Waals surface area contributed by atoms with Gasteiger partial charge in [0.15, 0.2) is 5.58 Å². The molecule has 0 radical (unpaired) electrons. The predicted molar refractivity (Wildman–Crippen MR) is 186 cm³/mol. The molecule has 206 valence electrons. The summed E-state index contributed by atoms with van der Waals surface area (Å²) in [5.41, 5.74) is 6.55. The molecule has 3 aromatic heterocycles. The maximum Gasteiger partial charge on any atom is 0.159 e. The molecule has 0 bridgehead atoms. The number of rotatable bonds is 3. The minimum atomic E-state index is 0.859. The lowest BCUT2D eigenvalue weighted by Gasteiger charge is -2.25. The van der Waals surface area contributed by atoms with Gasteiger partial charge in [0.25, 0.3) is 0 Å². The van der Waals surface area contributed by atoms with Crippen LogP contribution in [0.5, 0.6) is 0 Å². The van der Waals surface area contributed by atoms with Crippen molar-refractivity contribution in [2.45, 2.75) is 0 Å². The summed E-state index contributed by atoms with van der Waals surface area (Å²) in [4.78, 5) is 2.31. The van der Waals surface area contributed by atoms with Gasteiger partial charge in [-0.05, 0) is 71.4 Å². The molecule has 4 heteroatoms. The SMILES string of the molecule is c1ccc2cc3c(cc2c1)oc1c(N(c2ccc4c(c2)oc2ccccc24)c2ccc4sc5ccccc5c4c2)cccc13. The number of furan rings is 2. The Morgan fingerprint density at radius 3 is 2.02 bits per heavy atom. The van der Waals surface area contributed by atoms with Crippen LogP contribution in [0.25, 0.3) is 74.8 Å². The van der Waals surface area contributed by atoms with Crippen LogP contribution >= 0.6 is 11.3 Å². The third-order valence-corrected chi connectivity index (χ3v) is 9.98. The maximum absolute atomic E-state index is 6.73. The van der Waals surface area contributed by atoms with Crippen molar-refractivity contribution in [1.82, 2.24) is 0 Å². The van der Waals surface area contributed by atoms with E-state index in [0.29, 0.717) is 0 Å². The number of fused-ring (bicyclic) bond motifs is 10. The summed E-state index contributed by atoms with van der Waals surface area (Å²) in [5.74, 6) is 0. The number of benzene rings is 7. The zero-order valence-corrected chi connectivity index (χ0v) is 24.3. The van der Waals surface area contributed by atoms with E-state index >= 15 is 0 Å². The number of hydrogen-bond donors (Lipinski definition) is 0. The van der Waals surface area contributed by atoms with Crippen LogP contribution in [0.2, 0.25) is 0 Å². The van der Waals surface area contributed by atoms with Crippen molar-refractivity contribution in [2.24, 2.45) is 0 Å². The third kappa shape index (κ3) is 3.43. The molecule has 0 N–H and O–H groups in total. The lowest BCUT2D eigenvalue weighted by molar-refractivity contribution is 0.667. The fraction of sp³-hybridized carbons (Fsp3) is 0. The molecule has 0 aliphatic rings. The Balaban J connectivity index is 1.27. The molecule has 10 rings (SSSR count). The van der Waals surface area contributed by atoms with Crippen molar-refractivity contribution in [3.8, 4) is 0 Å². The van der Waals surface area contributed by atoms with Crippen LogP contribution < -0.4 is 4.90 Å². The molecule has 7 aromatic carbocycles. The van der Waals surface area contributed by atoms with E-state index in [1.54, 1.807) is 0 Å². The first-order valence-corrected chi connectivity index (χ1v) is 15.6. The fourth-order valence-corrected chi connectivity index (χ4v) is 7.87. The molecular weight excluding hydrogens is 559 g/mol. The van der Waals surface area contributed by atoms with Crippen molar-refractivity contribution in [3.63, 3.8) is 0 Å². The predicted octanol–water partition coefficient (Wildman–Crippen LogP) is 12.5. The quantitative estimate of drug-likeness (QED) is 0.208. The number of hydrogen-bond acceptors (Lipinski definition) is 4. The Hall–Kier alpha value is -5.58. The highest BCUT2D eigenvalue weighted by molar-refractivity contribution is 7.25. The minimum absolute atomic E-state index is 0.859. The fourth-order valence-electron chi connectivity index (χ4n) is 6.78. The van der Waals surface area contributed by atoms with Gasteiger partial charge in [-0.25, -0.2) is 0 Å². The lowest BCUT2D eigenvalue weighted by Crippen LogP contribution is -2.10. The largest absolute Gasteiger partial charge is 0.456 e. The molecule has 0 fully saturated rings. The lowest BCUT2D eigenvalue weighted by atomic mass is 10.1. The normalized spacial score (nSPS) is 12.1. The van der Waals surface area contributed by atoms with E-state index in [1.807, 2.05) is 23.5 Å². The molecule has 0 aliphatic heterocycles. The van der Waals surface area contributed by atoms with Crippen LogP contribution in [0.15, 0.2) is 148 Å². The van der Waals surface area contributed by atoms with Crippen molar-refractivity contribution in [3.05, 3.63) is 140 Å². The summed E-state index contributed by atoms with van der Waals surface area (Å²) in [5, 5.41) is 9.34. The van der Waals surface area contributed by atoms with Gasteiger partial charge in [0, 0.05) is 53.5 Å². The van der Waals surface area contributed by atoms with E-state index in [9.17, 15) is 0 Å². The van der Waals surface area contributed by atoms with Gasteiger partial charge in [0.1, 0.15) is 16.7 Å². The van der Waals surface area contributed by atoms with Crippen LogP contribution in [0, 0.1) is 0 Å². The Kier molecular flexibility index (Phi) is 4.87. The Labute approximate surface area is 255 Å². The van der Waals surface area contributed by atoms with E-state index in [0.717, 1.165) is 60.9 Å². The molecular formula is C40H23NO2S. The van der Waals surface area contributed by atoms with Gasteiger partial charge >= 0.3 is 0 Å². The summed E-state index contributed by atoms with van der Waals surface area (Å²) in [6.07, 6.45) is 0. The van der Waals surface area contributed by atoms with Crippen molar-refractivity contribution in [1.29, 1.82) is 0 Å². The molecule has 0 aliphatic carbocycles.